The number of hydrogen-bond acceptors (Lipinski definition) is 2. The lowest BCUT2D eigenvalue weighted by Gasteiger charge is -2.06. The summed E-state index contributed by atoms with van der Waals surface area (Å²) in [6.07, 6.45) is 11.8. The van der Waals surface area contributed by atoms with Crippen molar-refractivity contribution < 1.29 is 9.53 Å². The highest BCUT2D eigenvalue weighted by Gasteiger charge is 2.06. The maximum Gasteiger partial charge on any atom is 0.308 e. The molecule has 15 heavy (non-hydrogen) atoms. The highest BCUT2D eigenvalue weighted by atomic mass is 35.5. The van der Waals surface area contributed by atoms with E-state index in [2.05, 4.69) is 6.08 Å². The first-order chi connectivity index (χ1) is 7.20. The fourth-order valence-electron chi connectivity index (χ4n) is 1.31. The zero-order chi connectivity index (χ0) is 11.1. The second-order valence-electron chi connectivity index (χ2n) is 3.39. The number of halogens is 1. The summed E-state index contributed by atoms with van der Waals surface area (Å²) < 4.78 is 5.02. The van der Waals surface area contributed by atoms with Gasteiger partial charge in [-0.25, -0.2) is 0 Å². The summed E-state index contributed by atoms with van der Waals surface area (Å²) in [6, 6.07) is 0. The molecule has 0 radical (unpaired) electrons. The van der Waals surface area contributed by atoms with Crippen LogP contribution < -0.4 is 0 Å². The zero-order valence-corrected chi connectivity index (χ0v) is 9.59. The molecule has 0 aromatic carbocycles. The third kappa shape index (κ3) is 4.84. The Morgan fingerprint density at radius 2 is 2.13 bits per heavy atom. The summed E-state index contributed by atoms with van der Waals surface area (Å²) in [4.78, 5) is 10.8. The monoisotopic (exact) mass is 226 g/mol. The third-order valence-corrected chi connectivity index (χ3v) is 2.33. The Kier molecular flexibility index (Phi) is 5.19. The van der Waals surface area contributed by atoms with Gasteiger partial charge in [0.2, 0.25) is 0 Å². The van der Waals surface area contributed by atoms with Gasteiger partial charge in [0.05, 0.1) is 5.03 Å². The van der Waals surface area contributed by atoms with Gasteiger partial charge >= 0.3 is 5.97 Å². The van der Waals surface area contributed by atoms with E-state index in [1.54, 1.807) is 6.08 Å². The molecule has 0 saturated carbocycles. The molecule has 0 aromatic rings. The van der Waals surface area contributed by atoms with Gasteiger partial charge in [-0.1, -0.05) is 23.8 Å². The predicted molar refractivity (Wildman–Crippen MR) is 61.4 cm³/mol. The lowest BCUT2D eigenvalue weighted by Crippen LogP contribution is -1.99. The molecule has 0 heterocycles. The van der Waals surface area contributed by atoms with Gasteiger partial charge in [0, 0.05) is 6.92 Å². The SMILES string of the molecule is CC(=O)OC1=C\CCCC\C=C/C=C/1Cl. The quantitative estimate of drug-likeness (QED) is 0.638. The van der Waals surface area contributed by atoms with E-state index in [4.69, 9.17) is 16.3 Å². The minimum Gasteiger partial charge on any atom is -0.425 e. The van der Waals surface area contributed by atoms with E-state index >= 15 is 0 Å². The van der Waals surface area contributed by atoms with Crippen molar-refractivity contribution >= 4 is 17.6 Å². The van der Waals surface area contributed by atoms with Gasteiger partial charge in [0.1, 0.15) is 5.76 Å². The summed E-state index contributed by atoms with van der Waals surface area (Å²) in [6.45, 7) is 1.37. The van der Waals surface area contributed by atoms with E-state index in [0.29, 0.717) is 10.8 Å². The van der Waals surface area contributed by atoms with E-state index in [1.807, 2.05) is 12.2 Å². The molecule has 0 atom stereocenters. The fraction of sp³-hybridized carbons (Fsp3) is 0.417. The Morgan fingerprint density at radius 3 is 2.87 bits per heavy atom. The number of carbonyl (C=O) groups excluding carboxylic acids is 1. The van der Waals surface area contributed by atoms with Gasteiger partial charge in [0.15, 0.2) is 0 Å². The third-order valence-electron chi connectivity index (χ3n) is 2.02. The van der Waals surface area contributed by atoms with Crippen LogP contribution in [0.1, 0.15) is 32.6 Å². The summed E-state index contributed by atoms with van der Waals surface area (Å²) in [5.74, 6) is 0.129. The topological polar surface area (TPSA) is 26.3 Å². The predicted octanol–water partition coefficient (Wildman–Crippen LogP) is 3.69. The van der Waals surface area contributed by atoms with Gasteiger partial charge in [-0.05, 0) is 37.8 Å². The number of hydrogen-bond donors (Lipinski definition) is 0. The number of ether oxygens (including phenoxy) is 1. The molecule has 2 nitrogen and oxygen atoms in total. The van der Waals surface area contributed by atoms with E-state index < -0.39 is 0 Å². The van der Waals surface area contributed by atoms with Crippen LogP contribution in [0.25, 0.3) is 0 Å². The Bertz CT molecular complexity index is 314. The molecule has 1 aliphatic carbocycles. The van der Waals surface area contributed by atoms with E-state index in [0.717, 1.165) is 25.7 Å². The highest BCUT2D eigenvalue weighted by molar-refractivity contribution is 6.32. The standard InChI is InChI=1S/C12H15ClO2/c1-10(14)15-12-9-7-5-3-2-4-6-8-11(12)13/h4,6,8-9H,2-3,5,7H2,1H3/b6-4-,11-8-,12-9+. The van der Waals surface area contributed by atoms with E-state index in [9.17, 15) is 4.79 Å². The maximum absolute atomic E-state index is 10.8. The zero-order valence-electron chi connectivity index (χ0n) is 8.83. The lowest BCUT2D eigenvalue weighted by molar-refractivity contribution is -0.136. The van der Waals surface area contributed by atoms with Crippen molar-refractivity contribution in [3.63, 3.8) is 0 Å². The summed E-state index contributed by atoms with van der Waals surface area (Å²) in [7, 11) is 0. The number of rotatable bonds is 1. The first-order valence-corrected chi connectivity index (χ1v) is 5.49. The molecule has 0 aliphatic heterocycles. The smallest absolute Gasteiger partial charge is 0.308 e. The molecule has 0 bridgehead atoms. The largest absolute Gasteiger partial charge is 0.425 e. The minimum absolute atomic E-state index is 0.339. The van der Waals surface area contributed by atoms with Gasteiger partial charge < -0.3 is 4.74 Å². The molecule has 0 unspecified atom stereocenters. The molecular formula is C12H15ClO2. The Labute approximate surface area is 95.3 Å². The van der Waals surface area contributed by atoms with Crippen LogP contribution in [0, 0.1) is 0 Å². The summed E-state index contributed by atoms with van der Waals surface area (Å²) in [5.41, 5.74) is 0. The molecular weight excluding hydrogens is 212 g/mol. The van der Waals surface area contributed by atoms with Crippen molar-refractivity contribution in [3.05, 3.63) is 35.1 Å². The molecule has 0 amide bonds. The van der Waals surface area contributed by atoms with Crippen LogP contribution in [-0.4, -0.2) is 5.97 Å². The fourth-order valence-corrected chi connectivity index (χ4v) is 1.50. The van der Waals surface area contributed by atoms with Gasteiger partial charge in [-0.3, -0.25) is 4.79 Å². The average Bonchev–Trinajstić information content (AvgIpc) is 2.19. The van der Waals surface area contributed by atoms with Crippen LogP contribution in [0.5, 0.6) is 0 Å². The molecule has 0 fully saturated rings. The summed E-state index contributed by atoms with van der Waals surface area (Å²) >= 11 is 5.99. The number of carbonyl (C=O) groups is 1. The second-order valence-corrected chi connectivity index (χ2v) is 3.80. The van der Waals surface area contributed by atoms with Crippen molar-refractivity contribution in [1.82, 2.24) is 0 Å². The van der Waals surface area contributed by atoms with E-state index in [-0.39, 0.29) is 5.97 Å². The second kappa shape index (κ2) is 6.46. The molecule has 82 valence electrons. The Hall–Kier alpha value is -1.02. The molecule has 3 heteroatoms. The minimum atomic E-state index is -0.339. The van der Waals surface area contributed by atoms with Gasteiger partial charge in [-0.2, -0.15) is 0 Å². The van der Waals surface area contributed by atoms with Crippen molar-refractivity contribution in [2.45, 2.75) is 32.6 Å². The lowest BCUT2D eigenvalue weighted by atomic mass is 10.1. The van der Waals surface area contributed by atoms with Crippen molar-refractivity contribution in [3.8, 4) is 0 Å². The molecule has 1 rings (SSSR count). The number of esters is 1. The molecule has 0 spiro atoms. The van der Waals surface area contributed by atoms with Gasteiger partial charge in [-0.15, -0.1) is 0 Å². The molecule has 1 aliphatic rings. The van der Waals surface area contributed by atoms with Crippen LogP contribution in [0.3, 0.4) is 0 Å². The van der Waals surface area contributed by atoms with Crippen LogP contribution in [0.2, 0.25) is 0 Å². The van der Waals surface area contributed by atoms with Crippen molar-refractivity contribution in [1.29, 1.82) is 0 Å². The van der Waals surface area contributed by atoms with E-state index in [1.165, 1.54) is 6.92 Å². The molecule has 0 saturated heterocycles. The van der Waals surface area contributed by atoms with Crippen molar-refractivity contribution in [2.75, 3.05) is 0 Å². The average molecular weight is 227 g/mol. The van der Waals surface area contributed by atoms with Crippen LogP contribution in [-0.2, 0) is 9.53 Å². The van der Waals surface area contributed by atoms with Crippen LogP contribution in [0.15, 0.2) is 35.1 Å². The Morgan fingerprint density at radius 1 is 1.40 bits per heavy atom. The number of allylic oxidation sites excluding steroid dienone is 5. The van der Waals surface area contributed by atoms with Crippen LogP contribution in [0.4, 0.5) is 0 Å². The summed E-state index contributed by atoms with van der Waals surface area (Å²) in [5, 5.41) is 0.475. The first-order valence-electron chi connectivity index (χ1n) is 5.11. The highest BCUT2D eigenvalue weighted by Crippen LogP contribution is 2.19. The maximum atomic E-state index is 10.8. The molecule has 0 aromatic heterocycles. The normalized spacial score (nSPS) is 26.8. The molecule has 0 N–H and O–H groups in total. The van der Waals surface area contributed by atoms with Crippen LogP contribution >= 0.6 is 11.6 Å². The van der Waals surface area contributed by atoms with Crippen molar-refractivity contribution in [2.24, 2.45) is 0 Å². The Balaban J connectivity index is 2.80. The van der Waals surface area contributed by atoms with Gasteiger partial charge in [0.25, 0.3) is 0 Å². The first kappa shape index (κ1) is 12.1.